The molecule has 0 fully saturated rings. The predicted octanol–water partition coefficient (Wildman–Crippen LogP) is 4.80. The molecule has 0 aliphatic heterocycles. The minimum atomic E-state index is -0.252. The van der Waals surface area contributed by atoms with Crippen molar-refractivity contribution in [1.82, 2.24) is 10.3 Å². The van der Waals surface area contributed by atoms with Gasteiger partial charge >= 0.3 is 0 Å². The zero-order valence-electron chi connectivity index (χ0n) is 15.9. The van der Waals surface area contributed by atoms with E-state index in [0.29, 0.717) is 23.7 Å². The summed E-state index contributed by atoms with van der Waals surface area (Å²) in [5.41, 5.74) is 2.47. The number of nitrogens with one attached hydrogen (secondary N) is 1. The number of ether oxygens (including phenoxy) is 1. The van der Waals surface area contributed by atoms with Gasteiger partial charge in [0.05, 0.1) is 24.6 Å². The SMILES string of the molecule is CCOc1cccc2cc(C(C)NC(=O)Cc3cccc4cccnc34)oc12. The second-order valence-electron chi connectivity index (χ2n) is 6.71. The number of amides is 1. The minimum absolute atomic E-state index is 0.0730. The number of benzene rings is 2. The Kier molecular flexibility index (Phi) is 4.98. The van der Waals surface area contributed by atoms with E-state index in [9.17, 15) is 4.79 Å². The molecule has 0 saturated heterocycles. The number of carbonyl (C=O) groups is 1. The highest BCUT2D eigenvalue weighted by molar-refractivity contribution is 5.88. The van der Waals surface area contributed by atoms with Crippen molar-refractivity contribution in [2.45, 2.75) is 26.3 Å². The summed E-state index contributed by atoms with van der Waals surface area (Å²) in [6, 6.07) is 17.3. The molecule has 1 amide bonds. The van der Waals surface area contributed by atoms with E-state index < -0.39 is 0 Å². The Labute approximate surface area is 163 Å². The maximum absolute atomic E-state index is 12.6. The third-order valence-corrected chi connectivity index (χ3v) is 4.70. The molecule has 0 spiro atoms. The van der Waals surface area contributed by atoms with Crippen molar-refractivity contribution in [2.75, 3.05) is 6.61 Å². The molecule has 142 valence electrons. The molecule has 0 aliphatic rings. The summed E-state index contributed by atoms with van der Waals surface area (Å²) in [6.07, 6.45) is 2.01. The molecule has 1 unspecified atom stereocenters. The van der Waals surface area contributed by atoms with Gasteiger partial charge in [0, 0.05) is 17.0 Å². The fourth-order valence-corrected chi connectivity index (χ4v) is 3.39. The normalized spacial score (nSPS) is 12.2. The van der Waals surface area contributed by atoms with Crippen LogP contribution in [0.4, 0.5) is 0 Å². The van der Waals surface area contributed by atoms with E-state index in [0.717, 1.165) is 21.9 Å². The highest BCUT2D eigenvalue weighted by atomic mass is 16.5. The molecule has 4 aromatic rings. The van der Waals surface area contributed by atoms with E-state index in [1.165, 1.54) is 0 Å². The molecule has 0 bridgehead atoms. The van der Waals surface area contributed by atoms with Crippen molar-refractivity contribution < 1.29 is 13.9 Å². The van der Waals surface area contributed by atoms with Crippen LogP contribution in [0.5, 0.6) is 5.75 Å². The van der Waals surface area contributed by atoms with E-state index in [2.05, 4.69) is 10.3 Å². The summed E-state index contributed by atoms with van der Waals surface area (Å²) in [6.45, 7) is 4.42. The van der Waals surface area contributed by atoms with Gasteiger partial charge in [0.15, 0.2) is 11.3 Å². The lowest BCUT2D eigenvalue weighted by Crippen LogP contribution is -2.28. The molecule has 0 saturated carbocycles. The van der Waals surface area contributed by atoms with Gasteiger partial charge in [0.25, 0.3) is 0 Å². The van der Waals surface area contributed by atoms with E-state index >= 15 is 0 Å². The van der Waals surface area contributed by atoms with Gasteiger partial charge in [-0.1, -0.05) is 36.4 Å². The smallest absolute Gasteiger partial charge is 0.225 e. The van der Waals surface area contributed by atoms with Gasteiger partial charge in [-0.2, -0.15) is 0 Å². The van der Waals surface area contributed by atoms with E-state index in [1.807, 2.05) is 68.4 Å². The third kappa shape index (κ3) is 3.56. The van der Waals surface area contributed by atoms with Crippen LogP contribution < -0.4 is 10.1 Å². The fourth-order valence-electron chi connectivity index (χ4n) is 3.39. The van der Waals surface area contributed by atoms with Crippen LogP contribution in [0, 0.1) is 0 Å². The first-order valence-electron chi connectivity index (χ1n) is 9.43. The Hall–Kier alpha value is -3.34. The van der Waals surface area contributed by atoms with E-state index in [1.54, 1.807) is 6.20 Å². The van der Waals surface area contributed by atoms with E-state index in [-0.39, 0.29) is 18.4 Å². The van der Waals surface area contributed by atoms with Crippen molar-refractivity contribution in [2.24, 2.45) is 0 Å². The summed E-state index contributed by atoms with van der Waals surface area (Å²) in [7, 11) is 0. The van der Waals surface area contributed by atoms with Crippen LogP contribution in [0.2, 0.25) is 0 Å². The number of fused-ring (bicyclic) bond motifs is 2. The zero-order valence-corrected chi connectivity index (χ0v) is 15.9. The molecule has 2 aromatic carbocycles. The van der Waals surface area contributed by atoms with Gasteiger partial charge in [0.2, 0.25) is 5.91 Å². The van der Waals surface area contributed by atoms with Gasteiger partial charge in [-0.05, 0) is 37.6 Å². The number of rotatable bonds is 6. The largest absolute Gasteiger partial charge is 0.490 e. The van der Waals surface area contributed by atoms with Gasteiger partial charge < -0.3 is 14.5 Å². The van der Waals surface area contributed by atoms with Crippen LogP contribution in [0.3, 0.4) is 0 Å². The monoisotopic (exact) mass is 374 g/mol. The average Bonchev–Trinajstić information content (AvgIpc) is 3.14. The first-order chi connectivity index (χ1) is 13.7. The molecule has 28 heavy (non-hydrogen) atoms. The molecule has 4 rings (SSSR count). The number of para-hydroxylation sites is 2. The summed E-state index contributed by atoms with van der Waals surface area (Å²) in [4.78, 5) is 17.0. The lowest BCUT2D eigenvalue weighted by molar-refractivity contribution is -0.121. The number of hydrogen-bond donors (Lipinski definition) is 1. The predicted molar refractivity (Wildman–Crippen MR) is 109 cm³/mol. The van der Waals surface area contributed by atoms with Crippen molar-refractivity contribution in [3.05, 3.63) is 72.1 Å². The number of nitrogens with zero attached hydrogens (tertiary/aromatic N) is 1. The number of carbonyl (C=O) groups excluding carboxylic acids is 1. The molecular formula is C23H22N2O3. The first kappa shape index (κ1) is 18.0. The second kappa shape index (κ2) is 7.72. The van der Waals surface area contributed by atoms with Crippen molar-refractivity contribution in [3.63, 3.8) is 0 Å². The molecular weight excluding hydrogens is 352 g/mol. The molecule has 1 atom stereocenters. The summed E-state index contributed by atoms with van der Waals surface area (Å²) in [5, 5.41) is 5.01. The standard InChI is InChI=1S/C23H22N2O3/c1-3-27-19-11-5-9-18-13-20(28-23(18)19)15(2)25-21(26)14-17-8-4-7-16-10-6-12-24-22(16)17/h4-13,15H,3,14H2,1-2H3,(H,25,26). The second-order valence-corrected chi connectivity index (χ2v) is 6.71. The minimum Gasteiger partial charge on any atom is -0.490 e. The Balaban J connectivity index is 1.51. The van der Waals surface area contributed by atoms with Crippen LogP contribution in [0.25, 0.3) is 21.9 Å². The van der Waals surface area contributed by atoms with Crippen LogP contribution >= 0.6 is 0 Å². The number of pyridine rings is 1. The van der Waals surface area contributed by atoms with Gasteiger partial charge in [-0.25, -0.2) is 0 Å². The highest BCUT2D eigenvalue weighted by Gasteiger charge is 2.17. The highest BCUT2D eigenvalue weighted by Crippen LogP contribution is 2.31. The first-order valence-corrected chi connectivity index (χ1v) is 9.43. The summed E-state index contributed by atoms with van der Waals surface area (Å²) < 4.78 is 11.6. The quantitative estimate of drug-likeness (QED) is 0.526. The number of hydrogen-bond acceptors (Lipinski definition) is 4. The Bertz CT molecular complexity index is 1130. The fraction of sp³-hybridized carbons (Fsp3) is 0.217. The van der Waals surface area contributed by atoms with Crippen LogP contribution in [-0.4, -0.2) is 17.5 Å². The van der Waals surface area contributed by atoms with Gasteiger partial charge in [-0.3, -0.25) is 9.78 Å². The number of furan rings is 1. The summed E-state index contributed by atoms with van der Waals surface area (Å²) >= 11 is 0. The molecule has 1 N–H and O–H groups in total. The van der Waals surface area contributed by atoms with Gasteiger partial charge in [-0.15, -0.1) is 0 Å². The molecule has 0 radical (unpaired) electrons. The molecule has 5 heteroatoms. The topological polar surface area (TPSA) is 64.4 Å². The summed E-state index contributed by atoms with van der Waals surface area (Å²) in [5.74, 6) is 1.34. The third-order valence-electron chi connectivity index (χ3n) is 4.70. The zero-order chi connectivity index (χ0) is 19.5. The van der Waals surface area contributed by atoms with Crippen LogP contribution in [0.1, 0.15) is 31.2 Å². The van der Waals surface area contributed by atoms with Crippen molar-refractivity contribution >= 4 is 27.8 Å². The van der Waals surface area contributed by atoms with E-state index in [4.69, 9.17) is 9.15 Å². The molecule has 5 nitrogen and oxygen atoms in total. The van der Waals surface area contributed by atoms with Gasteiger partial charge in [0.1, 0.15) is 5.76 Å². The van der Waals surface area contributed by atoms with Crippen molar-refractivity contribution in [3.8, 4) is 5.75 Å². The lowest BCUT2D eigenvalue weighted by Gasteiger charge is -2.12. The van der Waals surface area contributed by atoms with Crippen molar-refractivity contribution in [1.29, 1.82) is 0 Å². The molecule has 2 aromatic heterocycles. The van der Waals surface area contributed by atoms with Crippen LogP contribution in [-0.2, 0) is 11.2 Å². The Morgan fingerprint density at radius 2 is 1.93 bits per heavy atom. The number of aromatic nitrogens is 1. The molecule has 2 heterocycles. The van der Waals surface area contributed by atoms with Crippen LogP contribution in [0.15, 0.2) is 65.2 Å². The Morgan fingerprint density at radius 1 is 1.14 bits per heavy atom. The Morgan fingerprint density at radius 3 is 2.79 bits per heavy atom. The maximum Gasteiger partial charge on any atom is 0.225 e. The molecule has 0 aliphatic carbocycles. The average molecular weight is 374 g/mol. The maximum atomic E-state index is 12.6. The lowest BCUT2D eigenvalue weighted by atomic mass is 10.1.